The summed E-state index contributed by atoms with van der Waals surface area (Å²) in [6.45, 7) is 6.50. The number of thiazole rings is 1. The third-order valence-electron chi connectivity index (χ3n) is 3.37. The largest absolute Gasteiger partial charge is 0.384 e. The maximum atomic E-state index is 10.7. The monoisotopic (exact) mass is 226 g/mol. The van der Waals surface area contributed by atoms with Gasteiger partial charge in [-0.25, -0.2) is 4.98 Å². The lowest BCUT2D eigenvalue weighted by atomic mass is 9.88. The summed E-state index contributed by atoms with van der Waals surface area (Å²) < 4.78 is 0. The quantitative estimate of drug-likeness (QED) is 0.773. The van der Waals surface area contributed by atoms with Crippen LogP contribution in [0.1, 0.15) is 38.5 Å². The molecule has 2 unspecified atom stereocenters. The zero-order valence-electron chi connectivity index (χ0n) is 9.45. The summed E-state index contributed by atoms with van der Waals surface area (Å²) in [6, 6.07) is 0. The van der Waals surface area contributed by atoms with Gasteiger partial charge in [0, 0.05) is 6.20 Å². The molecule has 1 heterocycles. The molecular weight excluding hydrogens is 208 g/mol. The number of aromatic nitrogens is 1. The fourth-order valence-electron chi connectivity index (χ4n) is 2.79. The van der Waals surface area contributed by atoms with Gasteiger partial charge in [0.05, 0.1) is 4.88 Å². The molecule has 0 amide bonds. The van der Waals surface area contributed by atoms with E-state index < -0.39 is 5.60 Å². The topological polar surface area (TPSA) is 59.1 Å². The molecule has 4 heteroatoms. The van der Waals surface area contributed by atoms with Crippen molar-refractivity contribution in [1.29, 1.82) is 0 Å². The maximum Gasteiger partial charge on any atom is 0.180 e. The molecule has 1 saturated carbocycles. The van der Waals surface area contributed by atoms with Gasteiger partial charge in [0.1, 0.15) is 5.60 Å². The van der Waals surface area contributed by atoms with Crippen LogP contribution in [0.5, 0.6) is 0 Å². The van der Waals surface area contributed by atoms with Crippen LogP contribution in [0.2, 0.25) is 0 Å². The molecule has 2 atom stereocenters. The molecule has 1 aromatic rings. The SMILES string of the molecule is CC1CC(C)(C)CC1(O)c1cnc(N)s1. The van der Waals surface area contributed by atoms with Crippen LogP contribution in [0.3, 0.4) is 0 Å². The first-order valence-electron chi connectivity index (χ1n) is 5.28. The van der Waals surface area contributed by atoms with Crippen LogP contribution >= 0.6 is 11.3 Å². The zero-order chi connectivity index (χ0) is 11.3. The van der Waals surface area contributed by atoms with E-state index in [0.717, 1.165) is 17.7 Å². The van der Waals surface area contributed by atoms with Gasteiger partial charge in [-0.2, -0.15) is 0 Å². The number of hydrogen-bond donors (Lipinski definition) is 2. The Bertz CT molecular complexity index is 374. The summed E-state index contributed by atoms with van der Waals surface area (Å²) in [5, 5.41) is 11.2. The summed E-state index contributed by atoms with van der Waals surface area (Å²) in [6.07, 6.45) is 3.56. The van der Waals surface area contributed by atoms with Crippen LogP contribution < -0.4 is 5.73 Å². The second kappa shape index (κ2) is 3.19. The van der Waals surface area contributed by atoms with Crippen molar-refractivity contribution in [2.24, 2.45) is 11.3 Å². The fraction of sp³-hybridized carbons (Fsp3) is 0.727. The molecule has 3 N–H and O–H groups in total. The average molecular weight is 226 g/mol. The standard InChI is InChI=1S/C11H18N2OS/c1-7-4-10(2,3)6-11(7,14)8-5-13-9(12)15-8/h5,7,14H,4,6H2,1-3H3,(H2,12,13). The molecule has 0 spiro atoms. The molecule has 2 rings (SSSR count). The first-order chi connectivity index (χ1) is 6.83. The maximum absolute atomic E-state index is 10.7. The molecule has 1 aliphatic carbocycles. The fourth-order valence-corrected chi connectivity index (χ4v) is 3.68. The molecule has 1 aromatic heterocycles. The molecule has 0 radical (unpaired) electrons. The van der Waals surface area contributed by atoms with Crippen molar-refractivity contribution in [2.45, 2.75) is 39.2 Å². The molecule has 15 heavy (non-hydrogen) atoms. The molecule has 3 nitrogen and oxygen atoms in total. The van der Waals surface area contributed by atoms with Gasteiger partial charge in [0.15, 0.2) is 5.13 Å². The Labute approximate surface area is 94.3 Å². The van der Waals surface area contributed by atoms with Crippen molar-refractivity contribution in [3.8, 4) is 0 Å². The van der Waals surface area contributed by atoms with Gasteiger partial charge in [-0.1, -0.05) is 32.1 Å². The van der Waals surface area contributed by atoms with Crippen LogP contribution in [0.4, 0.5) is 5.13 Å². The Morgan fingerprint density at radius 2 is 2.27 bits per heavy atom. The summed E-state index contributed by atoms with van der Waals surface area (Å²) in [7, 11) is 0. The van der Waals surface area contributed by atoms with Crippen molar-refractivity contribution in [1.82, 2.24) is 4.98 Å². The number of anilines is 1. The van der Waals surface area contributed by atoms with Gasteiger partial charge in [-0.05, 0) is 24.2 Å². The van der Waals surface area contributed by atoms with Crippen molar-refractivity contribution in [3.05, 3.63) is 11.1 Å². The van der Waals surface area contributed by atoms with Crippen LogP contribution in [0.15, 0.2) is 6.20 Å². The summed E-state index contributed by atoms with van der Waals surface area (Å²) in [4.78, 5) is 4.94. The minimum Gasteiger partial charge on any atom is -0.384 e. The molecule has 0 aromatic carbocycles. The van der Waals surface area contributed by atoms with Gasteiger partial charge >= 0.3 is 0 Å². The van der Waals surface area contributed by atoms with E-state index in [0.29, 0.717) is 5.13 Å². The van der Waals surface area contributed by atoms with E-state index in [1.54, 1.807) is 6.20 Å². The van der Waals surface area contributed by atoms with Crippen LogP contribution in [-0.2, 0) is 5.60 Å². The summed E-state index contributed by atoms with van der Waals surface area (Å²) in [5.74, 6) is 0.271. The molecular formula is C11H18N2OS. The van der Waals surface area contributed by atoms with E-state index >= 15 is 0 Å². The van der Waals surface area contributed by atoms with E-state index in [1.807, 2.05) is 0 Å². The number of nitrogen functional groups attached to an aromatic ring is 1. The van der Waals surface area contributed by atoms with E-state index in [2.05, 4.69) is 25.8 Å². The Morgan fingerprint density at radius 3 is 2.67 bits per heavy atom. The van der Waals surface area contributed by atoms with Crippen molar-refractivity contribution in [2.75, 3.05) is 5.73 Å². The van der Waals surface area contributed by atoms with Gasteiger partial charge in [-0.15, -0.1) is 0 Å². The predicted octanol–water partition coefficient (Wildman–Crippen LogP) is 2.37. The molecule has 0 bridgehead atoms. The second-order valence-electron chi connectivity index (χ2n) is 5.43. The number of hydrogen-bond acceptors (Lipinski definition) is 4. The van der Waals surface area contributed by atoms with Crippen molar-refractivity contribution in [3.63, 3.8) is 0 Å². The Balaban J connectivity index is 2.35. The highest BCUT2D eigenvalue weighted by atomic mass is 32.1. The lowest BCUT2D eigenvalue weighted by Gasteiger charge is -2.26. The Hall–Kier alpha value is -0.610. The lowest BCUT2D eigenvalue weighted by Crippen LogP contribution is -2.27. The third-order valence-corrected chi connectivity index (χ3v) is 4.37. The first kappa shape index (κ1) is 10.9. The minimum absolute atomic E-state index is 0.201. The van der Waals surface area contributed by atoms with Crippen LogP contribution in [0, 0.1) is 11.3 Å². The van der Waals surface area contributed by atoms with Gasteiger partial charge in [0.2, 0.25) is 0 Å². The average Bonchev–Trinajstić information content (AvgIpc) is 2.56. The minimum atomic E-state index is -0.723. The van der Waals surface area contributed by atoms with E-state index in [1.165, 1.54) is 11.3 Å². The summed E-state index contributed by atoms with van der Waals surface area (Å²) in [5.41, 5.74) is 5.09. The van der Waals surface area contributed by atoms with E-state index in [4.69, 9.17) is 5.73 Å². The highest BCUT2D eigenvalue weighted by molar-refractivity contribution is 7.15. The first-order valence-corrected chi connectivity index (χ1v) is 6.09. The van der Waals surface area contributed by atoms with Gasteiger partial charge < -0.3 is 10.8 Å². The third kappa shape index (κ3) is 1.76. The summed E-state index contributed by atoms with van der Waals surface area (Å²) >= 11 is 1.40. The highest BCUT2D eigenvalue weighted by Crippen LogP contribution is 2.53. The molecule has 1 aliphatic rings. The van der Waals surface area contributed by atoms with Crippen molar-refractivity contribution < 1.29 is 5.11 Å². The number of aliphatic hydroxyl groups is 1. The predicted molar refractivity (Wildman–Crippen MR) is 62.6 cm³/mol. The Kier molecular flexibility index (Phi) is 2.32. The molecule has 1 fully saturated rings. The molecule has 84 valence electrons. The number of nitrogens with zero attached hydrogens (tertiary/aromatic N) is 1. The molecule has 0 aliphatic heterocycles. The van der Waals surface area contributed by atoms with E-state index in [-0.39, 0.29) is 11.3 Å². The molecule has 0 saturated heterocycles. The van der Waals surface area contributed by atoms with Gasteiger partial charge in [-0.3, -0.25) is 0 Å². The zero-order valence-corrected chi connectivity index (χ0v) is 10.3. The highest BCUT2D eigenvalue weighted by Gasteiger charge is 2.49. The second-order valence-corrected chi connectivity index (χ2v) is 6.50. The van der Waals surface area contributed by atoms with Crippen molar-refractivity contribution >= 4 is 16.5 Å². The van der Waals surface area contributed by atoms with Gasteiger partial charge in [0.25, 0.3) is 0 Å². The number of rotatable bonds is 1. The normalized spacial score (nSPS) is 34.5. The lowest BCUT2D eigenvalue weighted by molar-refractivity contribution is 0.00255. The van der Waals surface area contributed by atoms with Crippen LogP contribution in [0.25, 0.3) is 0 Å². The van der Waals surface area contributed by atoms with Crippen LogP contribution in [-0.4, -0.2) is 10.1 Å². The number of nitrogens with two attached hydrogens (primary N) is 1. The smallest absolute Gasteiger partial charge is 0.180 e. The Morgan fingerprint density at radius 1 is 1.60 bits per heavy atom. The van der Waals surface area contributed by atoms with E-state index in [9.17, 15) is 5.11 Å².